The predicted octanol–water partition coefficient (Wildman–Crippen LogP) is 8.06. The molecule has 1 fully saturated rings. The maximum absolute atomic E-state index is 5.37. The van der Waals surface area contributed by atoms with Crippen LogP contribution >= 0.6 is 0 Å². The van der Waals surface area contributed by atoms with Gasteiger partial charge in [0.15, 0.2) is 0 Å². The van der Waals surface area contributed by atoms with Gasteiger partial charge in [0.2, 0.25) is 0 Å². The second-order valence-corrected chi connectivity index (χ2v) is 9.02. The molecule has 0 radical (unpaired) electrons. The van der Waals surface area contributed by atoms with E-state index in [1.807, 2.05) is 0 Å². The van der Waals surface area contributed by atoms with Crippen molar-refractivity contribution in [3.8, 4) is 0 Å². The molecule has 24 heavy (non-hydrogen) atoms. The lowest BCUT2D eigenvalue weighted by molar-refractivity contribution is 0.251. The summed E-state index contributed by atoms with van der Waals surface area (Å²) in [5.74, 6) is 0. The van der Waals surface area contributed by atoms with Crippen LogP contribution in [0.2, 0.25) is 0 Å². The van der Waals surface area contributed by atoms with Crippen LogP contribution in [0.1, 0.15) is 130 Å². The fraction of sp³-hybridized carbons (Fsp3) is 1.00. The molecular formula is C23H46O. The lowest BCUT2D eigenvalue weighted by atomic mass is 9.82. The lowest BCUT2D eigenvalue weighted by Gasteiger charge is -2.23. The Kier molecular flexibility index (Phi) is 13.0. The van der Waals surface area contributed by atoms with Crippen LogP contribution in [-0.4, -0.2) is 12.7 Å². The van der Waals surface area contributed by atoms with Crippen LogP contribution in [0.3, 0.4) is 0 Å². The first kappa shape index (κ1) is 22.0. The molecule has 1 aliphatic rings. The third-order valence-corrected chi connectivity index (χ3v) is 5.64. The van der Waals surface area contributed by atoms with Crippen LogP contribution in [0.5, 0.6) is 0 Å². The van der Waals surface area contributed by atoms with Crippen molar-refractivity contribution in [3.05, 3.63) is 0 Å². The summed E-state index contributed by atoms with van der Waals surface area (Å²) in [7, 11) is 0. The van der Waals surface area contributed by atoms with E-state index >= 15 is 0 Å². The van der Waals surface area contributed by atoms with Crippen LogP contribution in [0.15, 0.2) is 0 Å². The molecule has 1 heteroatoms. The molecule has 1 nitrogen and oxygen atoms in total. The van der Waals surface area contributed by atoms with Gasteiger partial charge in [0, 0.05) is 0 Å². The van der Waals surface area contributed by atoms with Gasteiger partial charge in [-0.25, -0.2) is 0 Å². The van der Waals surface area contributed by atoms with Gasteiger partial charge < -0.3 is 4.74 Å². The van der Waals surface area contributed by atoms with Crippen molar-refractivity contribution in [2.24, 2.45) is 5.41 Å². The Bertz CT molecular complexity index is 267. The first-order valence-corrected chi connectivity index (χ1v) is 11.3. The van der Waals surface area contributed by atoms with E-state index in [0.29, 0.717) is 11.5 Å². The van der Waals surface area contributed by atoms with Crippen LogP contribution in [0.4, 0.5) is 0 Å². The van der Waals surface area contributed by atoms with Crippen molar-refractivity contribution < 1.29 is 4.74 Å². The van der Waals surface area contributed by atoms with Crippen molar-refractivity contribution in [2.75, 3.05) is 6.61 Å². The van der Waals surface area contributed by atoms with Crippen molar-refractivity contribution in [3.63, 3.8) is 0 Å². The topological polar surface area (TPSA) is 12.5 Å². The molecule has 0 saturated carbocycles. The summed E-state index contributed by atoms with van der Waals surface area (Å²) < 4.78 is 5.37. The van der Waals surface area contributed by atoms with Gasteiger partial charge in [0.25, 0.3) is 0 Å². The molecule has 0 aromatic heterocycles. The first-order chi connectivity index (χ1) is 11.6. The molecule has 0 bridgehead atoms. The third kappa shape index (κ3) is 14.3. The van der Waals surface area contributed by atoms with Gasteiger partial charge in [-0.1, -0.05) is 117 Å². The Labute approximate surface area is 153 Å². The molecule has 0 aliphatic carbocycles. The Morgan fingerprint density at radius 1 is 0.667 bits per heavy atom. The molecular weight excluding hydrogens is 292 g/mol. The van der Waals surface area contributed by atoms with Gasteiger partial charge in [-0.05, 0) is 18.3 Å². The number of epoxide rings is 1. The molecule has 1 heterocycles. The van der Waals surface area contributed by atoms with Gasteiger partial charge >= 0.3 is 0 Å². The quantitative estimate of drug-likeness (QED) is 0.182. The normalized spacial score (nSPS) is 17.4. The second-order valence-electron chi connectivity index (χ2n) is 9.02. The zero-order valence-corrected chi connectivity index (χ0v) is 17.2. The summed E-state index contributed by atoms with van der Waals surface area (Å²) >= 11 is 0. The third-order valence-electron chi connectivity index (χ3n) is 5.64. The summed E-state index contributed by atoms with van der Waals surface area (Å²) in [4.78, 5) is 0. The van der Waals surface area contributed by atoms with E-state index < -0.39 is 0 Å². The highest BCUT2D eigenvalue weighted by molar-refractivity contribution is 4.79. The van der Waals surface area contributed by atoms with E-state index in [1.54, 1.807) is 0 Å². The van der Waals surface area contributed by atoms with Gasteiger partial charge in [-0.2, -0.15) is 0 Å². The molecule has 1 unspecified atom stereocenters. The molecule has 0 N–H and O–H groups in total. The molecule has 1 atom stereocenters. The van der Waals surface area contributed by atoms with Gasteiger partial charge in [-0.15, -0.1) is 0 Å². The van der Waals surface area contributed by atoms with Crippen molar-refractivity contribution in [2.45, 2.75) is 136 Å². The molecule has 144 valence electrons. The SMILES string of the molecule is CCCCCCCCCCCCCCCCCC(C)(C)CC1CO1. The number of unbranched alkanes of at least 4 members (excludes halogenated alkanes) is 14. The Morgan fingerprint density at radius 3 is 1.42 bits per heavy atom. The van der Waals surface area contributed by atoms with Crippen molar-refractivity contribution in [1.82, 2.24) is 0 Å². The van der Waals surface area contributed by atoms with E-state index in [1.165, 1.54) is 109 Å². The summed E-state index contributed by atoms with van der Waals surface area (Å²) in [6.45, 7) is 8.14. The number of hydrogen-bond donors (Lipinski definition) is 0. The highest BCUT2D eigenvalue weighted by Crippen LogP contribution is 2.33. The maximum Gasteiger partial charge on any atom is 0.0815 e. The number of ether oxygens (including phenoxy) is 1. The minimum Gasteiger partial charge on any atom is -0.373 e. The average molecular weight is 339 g/mol. The smallest absolute Gasteiger partial charge is 0.0815 e. The zero-order valence-electron chi connectivity index (χ0n) is 17.2. The first-order valence-electron chi connectivity index (χ1n) is 11.3. The van der Waals surface area contributed by atoms with E-state index in [9.17, 15) is 0 Å². The fourth-order valence-electron chi connectivity index (χ4n) is 3.88. The minimum atomic E-state index is 0.498. The molecule has 1 rings (SSSR count). The van der Waals surface area contributed by atoms with Crippen LogP contribution in [0, 0.1) is 5.41 Å². The summed E-state index contributed by atoms with van der Waals surface area (Å²) in [5.41, 5.74) is 0.498. The monoisotopic (exact) mass is 338 g/mol. The maximum atomic E-state index is 5.37. The van der Waals surface area contributed by atoms with E-state index in [0.717, 1.165) is 6.61 Å². The lowest BCUT2D eigenvalue weighted by Crippen LogP contribution is -2.14. The minimum absolute atomic E-state index is 0.498. The summed E-state index contributed by atoms with van der Waals surface area (Å²) in [6, 6.07) is 0. The molecule has 1 saturated heterocycles. The summed E-state index contributed by atoms with van der Waals surface area (Å²) in [5, 5.41) is 0. The van der Waals surface area contributed by atoms with E-state index in [-0.39, 0.29) is 0 Å². The molecule has 0 amide bonds. The molecule has 0 aromatic carbocycles. The van der Waals surface area contributed by atoms with Crippen LogP contribution in [-0.2, 0) is 4.74 Å². The molecule has 0 aromatic rings. The summed E-state index contributed by atoms with van der Waals surface area (Å²) in [6.07, 6.45) is 25.1. The Hall–Kier alpha value is -0.0400. The van der Waals surface area contributed by atoms with Gasteiger partial charge in [0.1, 0.15) is 0 Å². The van der Waals surface area contributed by atoms with Crippen molar-refractivity contribution in [1.29, 1.82) is 0 Å². The molecule has 0 spiro atoms. The van der Waals surface area contributed by atoms with Gasteiger partial charge in [0.05, 0.1) is 12.7 Å². The Balaban J connectivity index is 1.71. The standard InChI is InChI=1S/C23H46O/c1-4-5-6-7-8-9-10-11-12-13-14-15-16-17-18-19-23(2,3)20-22-21-24-22/h22H,4-21H2,1-3H3. The second kappa shape index (κ2) is 14.2. The van der Waals surface area contributed by atoms with Crippen molar-refractivity contribution >= 4 is 0 Å². The predicted molar refractivity (Wildman–Crippen MR) is 108 cm³/mol. The van der Waals surface area contributed by atoms with Gasteiger partial charge in [-0.3, -0.25) is 0 Å². The van der Waals surface area contributed by atoms with E-state index in [2.05, 4.69) is 20.8 Å². The average Bonchev–Trinajstić information content (AvgIpc) is 3.34. The highest BCUT2D eigenvalue weighted by Gasteiger charge is 2.30. The van der Waals surface area contributed by atoms with E-state index in [4.69, 9.17) is 4.74 Å². The highest BCUT2D eigenvalue weighted by atomic mass is 16.6. The van der Waals surface area contributed by atoms with Crippen LogP contribution < -0.4 is 0 Å². The largest absolute Gasteiger partial charge is 0.373 e. The molecule has 1 aliphatic heterocycles. The van der Waals surface area contributed by atoms with Crippen LogP contribution in [0.25, 0.3) is 0 Å². The fourth-order valence-corrected chi connectivity index (χ4v) is 3.88. The Morgan fingerprint density at radius 2 is 1.04 bits per heavy atom. The zero-order chi connectivity index (χ0) is 17.5. The number of hydrogen-bond acceptors (Lipinski definition) is 1. The number of rotatable bonds is 18.